The van der Waals surface area contributed by atoms with Crippen molar-refractivity contribution in [3.8, 4) is 0 Å². The molecule has 0 heterocycles. The maximum atomic E-state index is 13.3. The van der Waals surface area contributed by atoms with Gasteiger partial charge in [0, 0.05) is 29.2 Å². The van der Waals surface area contributed by atoms with Gasteiger partial charge in [-0.3, -0.25) is 4.79 Å². The Balaban J connectivity index is 1.56. The molecule has 8 heteroatoms. The van der Waals surface area contributed by atoms with Gasteiger partial charge in [-0.05, 0) is 58.1 Å². The van der Waals surface area contributed by atoms with Gasteiger partial charge in [0.25, 0.3) is 0 Å². The Labute approximate surface area is 270 Å². The van der Waals surface area contributed by atoms with Crippen LogP contribution in [-0.4, -0.2) is 68.5 Å². The van der Waals surface area contributed by atoms with Crippen LogP contribution in [0.2, 0.25) is 0 Å². The van der Waals surface area contributed by atoms with Crippen molar-refractivity contribution in [3.63, 3.8) is 0 Å². The van der Waals surface area contributed by atoms with Crippen molar-refractivity contribution in [2.24, 2.45) is 22.7 Å². The summed E-state index contributed by atoms with van der Waals surface area (Å²) in [6, 6.07) is 0. The average Bonchev–Trinajstić information content (AvgIpc) is 3.42. The number of ether oxygens (including phenoxy) is 2. The molecule has 45 heavy (non-hydrogen) atoms. The lowest BCUT2D eigenvalue weighted by molar-refractivity contribution is -0.213. The Morgan fingerprint density at radius 1 is 0.956 bits per heavy atom. The molecule has 4 aliphatic carbocycles. The molecular weight excluding hydrogens is 572 g/mol. The van der Waals surface area contributed by atoms with Crippen molar-refractivity contribution >= 4 is 11.9 Å². The Kier molecular flexibility index (Phi) is 10.8. The van der Waals surface area contributed by atoms with Crippen LogP contribution >= 0.6 is 0 Å². The van der Waals surface area contributed by atoms with Crippen LogP contribution in [0.5, 0.6) is 0 Å². The van der Waals surface area contributed by atoms with Gasteiger partial charge in [0.1, 0.15) is 17.3 Å². The third-order valence-electron chi connectivity index (χ3n) is 11.9. The molecule has 8 nitrogen and oxygen atoms in total. The molecule has 2 fully saturated rings. The van der Waals surface area contributed by atoms with E-state index in [1.165, 1.54) is 38.5 Å². The second kappa shape index (κ2) is 13.6. The fraction of sp³-hybridized carbons (Fsp3) is 0.784. The van der Waals surface area contributed by atoms with Crippen LogP contribution in [0.4, 0.5) is 0 Å². The first-order valence-corrected chi connectivity index (χ1v) is 17.3. The van der Waals surface area contributed by atoms with Gasteiger partial charge in [-0.15, -0.1) is 0 Å². The molecule has 2 unspecified atom stereocenters. The minimum atomic E-state index is -2.14. The Morgan fingerprint density at radius 2 is 1.56 bits per heavy atom. The number of aliphatic hydroxyl groups excluding tert-OH is 3. The summed E-state index contributed by atoms with van der Waals surface area (Å²) in [5.74, 6) is -1.77. The first kappa shape index (κ1) is 35.8. The minimum Gasteiger partial charge on any atom is -0.458 e. The maximum Gasteiger partial charge on any atom is 0.334 e. The quantitative estimate of drug-likeness (QED) is 0.0813. The number of unbranched alkanes of at least 4 members (excludes halogenated alkanes) is 8. The van der Waals surface area contributed by atoms with E-state index < -0.39 is 58.8 Å². The van der Waals surface area contributed by atoms with E-state index >= 15 is 0 Å². The van der Waals surface area contributed by atoms with Crippen molar-refractivity contribution in [2.75, 3.05) is 6.61 Å². The van der Waals surface area contributed by atoms with E-state index in [1.54, 1.807) is 39.8 Å². The van der Waals surface area contributed by atoms with Gasteiger partial charge >= 0.3 is 11.9 Å². The van der Waals surface area contributed by atoms with E-state index in [4.69, 9.17) is 9.47 Å². The van der Waals surface area contributed by atoms with Gasteiger partial charge in [0.15, 0.2) is 6.10 Å². The summed E-state index contributed by atoms with van der Waals surface area (Å²) < 4.78 is 12.3. The Hall–Kier alpha value is -2.00. The van der Waals surface area contributed by atoms with Gasteiger partial charge in [0.2, 0.25) is 0 Å². The van der Waals surface area contributed by atoms with Crippen LogP contribution in [0.25, 0.3) is 0 Å². The number of hydrogen-bond acceptors (Lipinski definition) is 8. The molecule has 2 saturated carbocycles. The molecule has 0 aromatic carbocycles. The van der Waals surface area contributed by atoms with Gasteiger partial charge in [-0.2, -0.15) is 0 Å². The molecule has 2 bridgehead atoms. The highest BCUT2D eigenvalue weighted by Crippen LogP contribution is 2.75. The van der Waals surface area contributed by atoms with Crippen molar-refractivity contribution in [3.05, 3.63) is 34.4 Å². The summed E-state index contributed by atoms with van der Waals surface area (Å²) in [7, 11) is 0. The fourth-order valence-corrected chi connectivity index (χ4v) is 8.98. The monoisotopic (exact) mass is 630 g/mol. The first-order chi connectivity index (χ1) is 21.2. The molecular formula is C37H58O8. The van der Waals surface area contributed by atoms with E-state index in [2.05, 4.69) is 6.92 Å². The smallest absolute Gasteiger partial charge is 0.334 e. The molecule has 8 atom stereocenters. The fourth-order valence-electron chi connectivity index (χ4n) is 8.98. The molecule has 0 aromatic rings. The van der Waals surface area contributed by atoms with Crippen LogP contribution < -0.4 is 0 Å². The zero-order valence-corrected chi connectivity index (χ0v) is 28.7. The van der Waals surface area contributed by atoms with E-state index in [-0.39, 0.29) is 23.9 Å². The molecule has 1 spiro atoms. The van der Waals surface area contributed by atoms with Crippen LogP contribution in [0.3, 0.4) is 0 Å². The zero-order chi connectivity index (χ0) is 33.4. The van der Waals surface area contributed by atoms with Crippen molar-refractivity contribution < 1.29 is 39.5 Å². The number of carbonyl (C=O) groups is 2. The van der Waals surface area contributed by atoms with Crippen LogP contribution in [0, 0.1) is 22.7 Å². The number of fused-ring (bicyclic) bond motifs is 3. The van der Waals surface area contributed by atoms with Crippen molar-refractivity contribution in [1.29, 1.82) is 0 Å². The maximum absolute atomic E-state index is 13.3. The summed E-state index contributed by atoms with van der Waals surface area (Å²) in [4.78, 5) is 26.4. The number of carbonyl (C=O) groups excluding carboxylic acids is 2. The molecule has 0 aliphatic heterocycles. The highest BCUT2D eigenvalue weighted by molar-refractivity contribution is 5.89. The highest BCUT2D eigenvalue weighted by Gasteiger charge is 2.81. The molecule has 0 aromatic heterocycles. The number of rotatable bonds is 14. The number of hydrogen-bond donors (Lipinski definition) is 4. The summed E-state index contributed by atoms with van der Waals surface area (Å²) in [6.07, 6.45) is 10.7. The Morgan fingerprint density at radius 3 is 2.13 bits per heavy atom. The number of aliphatic hydroxyl groups is 4. The molecule has 0 radical (unpaired) electrons. The third-order valence-corrected chi connectivity index (χ3v) is 11.9. The molecule has 0 amide bonds. The van der Waals surface area contributed by atoms with Gasteiger partial charge in [-0.25, -0.2) is 4.79 Å². The van der Waals surface area contributed by atoms with Gasteiger partial charge < -0.3 is 29.9 Å². The summed E-state index contributed by atoms with van der Waals surface area (Å²) in [6.45, 7) is 12.7. The second-order valence-electron chi connectivity index (χ2n) is 15.1. The summed E-state index contributed by atoms with van der Waals surface area (Å²) in [5.41, 5.74) is -3.04. The largest absolute Gasteiger partial charge is 0.458 e. The third kappa shape index (κ3) is 5.98. The lowest BCUT2D eigenvalue weighted by atomic mass is 9.62. The molecule has 4 aliphatic rings. The zero-order valence-electron chi connectivity index (χ0n) is 28.7. The van der Waals surface area contributed by atoms with E-state index in [0.717, 1.165) is 24.8 Å². The van der Waals surface area contributed by atoms with Crippen LogP contribution in [-0.2, 0) is 19.1 Å². The van der Waals surface area contributed by atoms with Gasteiger partial charge in [0.05, 0.1) is 18.1 Å². The van der Waals surface area contributed by atoms with E-state index in [9.17, 15) is 30.0 Å². The lowest BCUT2D eigenvalue weighted by Gasteiger charge is -2.49. The first-order valence-electron chi connectivity index (χ1n) is 17.3. The highest BCUT2D eigenvalue weighted by atomic mass is 16.6. The van der Waals surface area contributed by atoms with Gasteiger partial charge in [-0.1, -0.05) is 89.9 Å². The average molecular weight is 631 g/mol. The second-order valence-corrected chi connectivity index (χ2v) is 15.1. The lowest BCUT2D eigenvalue weighted by Crippen LogP contribution is -2.65. The van der Waals surface area contributed by atoms with E-state index in [1.807, 2.05) is 13.8 Å². The van der Waals surface area contributed by atoms with Crippen molar-refractivity contribution in [2.45, 2.75) is 155 Å². The predicted octanol–water partition coefficient (Wildman–Crippen LogP) is 5.85. The minimum absolute atomic E-state index is 0.158. The van der Waals surface area contributed by atoms with Crippen LogP contribution in [0.1, 0.15) is 126 Å². The number of esters is 2. The molecule has 4 rings (SSSR count). The summed E-state index contributed by atoms with van der Waals surface area (Å²) in [5, 5.41) is 46.9. The SMILES string of the molecule is CCCCCCCCCCCC(=O)O[C@@]12CCC34C=C(C)[C@H](OC(=O)C(C)=C(C)C)[C@@]3(O)[C@H](O)C(CO)=C[C@H](C4O)[C@H]1C2(C)C. The topological polar surface area (TPSA) is 134 Å². The molecule has 4 N–H and O–H groups in total. The van der Waals surface area contributed by atoms with E-state index in [0.29, 0.717) is 24.0 Å². The number of allylic oxidation sites excluding steroid dienone is 1. The Bertz CT molecular complexity index is 1210. The standard InChI is InChI=1S/C37H58O8/c1-8-9-10-11-12-13-14-15-16-17-28(39)45-36-19-18-35-21-24(4)32(44-33(42)25(5)23(2)3)37(35,43)30(40)26(22-38)20-27(31(35)41)29(36)34(36,6)7/h20-21,27,29-32,38,40-41,43H,8-19,22H2,1-7H3/t27-,29-,30+,31?,32-,35?,36-,37-/m0/s1. The van der Waals surface area contributed by atoms with Crippen molar-refractivity contribution in [1.82, 2.24) is 0 Å². The molecule has 254 valence electrons. The predicted molar refractivity (Wildman–Crippen MR) is 173 cm³/mol. The van der Waals surface area contributed by atoms with Crippen LogP contribution in [0.15, 0.2) is 34.4 Å². The summed E-state index contributed by atoms with van der Waals surface area (Å²) >= 11 is 0. The normalized spacial score (nSPS) is 36.0. The molecule has 0 saturated heterocycles.